The molecule has 0 unspecified atom stereocenters. The monoisotopic (exact) mass is 341 g/mol. The van der Waals surface area contributed by atoms with Crippen LogP contribution in [0.5, 0.6) is 0 Å². The van der Waals surface area contributed by atoms with Crippen LogP contribution in [0.1, 0.15) is 31.0 Å². The number of thiocarbonyl (C=S) groups is 1. The highest BCUT2D eigenvalue weighted by Gasteiger charge is 2.17. The predicted molar refractivity (Wildman–Crippen MR) is 106 cm³/mol. The van der Waals surface area contributed by atoms with Gasteiger partial charge in [-0.3, -0.25) is 4.90 Å². The molecule has 4 heteroatoms. The molecule has 0 aromatic heterocycles. The van der Waals surface area contributed by atoms with Crippen LogP contribution in [0.25, 0.3) is 0 Å². The minimum atomic E-state index is 0.317. The van der Waals surface area contributed by atoms with Gasteiger partial charge < -0.3 is 10.6 Å². The Hall–Kier alpha value is -1.91. The van der Waals surface area contributed by atoms with Crippen LogP contribution in [-0.4, -0.2) is 29.6 Å². The van der Waals surface area contributed by atoms with Crippen molar-refractivity contribution in [2.24, 2.45) is 0 Å². The van der Waals surface area contributed by atoms with Crippen molar-refractivity contribution in [1.82, 2.24) is 15.5 Å². The van der Waals surface area contributed by atoms with Crippen LogP contribution in [-0.2, 0) is 6.54 Å². The molecule has 0 saturated carbocycles. The molecule has 1 atom stereocenters. The molecule has 0 saturated heterocycles. The lowest BCUT2D eigenvalue weighted by Gasteiger charge is -2.30. The Morgan fingerprint density at radius 1 is 0.917 bits per heavy atom. The van der Waals surface area contributed by atoms with E-state index in [0.29, 0.717) is 11.2 Å². The fourth-order valence-electron chi connectivity index (χ4n) is 2.83. The highest BCUT2D eigenvalue weighted by atomic mass is 32.1. The van der Waals surface area contributed by atoms with Gasteiger partial charge in [0.25, 0.3) is 0 Å². The molecule has 2 aromatic rings. The lowest BCUT2D eigenvalue weighted by atomic mass is 10.1. The maximum absolute atomic E-state index is 5.44. The number of likely N-dealkylation sites (N-methyl/N-ethyl adjacent to an activating group) is 1. The Balaban J connectivity index is 1.91. The molecule has 0 radical (unpaired) electrons. The van der Waals surface area contributed by atoms with Gasteiger partial charge in [0.15, 0.2) is 5.11 Å². The first-order chi connectivity index (χ1) is 11.7. The van der Waals surface area contributed by atoms with Crippen LogP contribution in [0.2, 0.25) is 0 Å². The third kappa shape index (κ3) is 5.62. The maximum Gasteiger partial charge on any atom is 0.166 e. The second-order valence-electron chi connectivity index (χ2n) is 5.70. The molecule has 0 fully saturated rings. The van der Waals surface area contributed by atoms with Crippen LogP contribution >= 0.6 is 12.2 Å². The van der Waals surface area contributed by atoms with E-state index in [1.54, 1.807) is 0 Å². The summed E-state index contributed by atoms with van der Waals surface area (Å²) in [5, 5.41) is 7.36. The van der Waals surface area contributed by atoms with E-state index in [4.69, 9.17) is 12.2 Å². The smallest absolute Gasteiger partial charge is 0.166 e. The van der Waals surface area contributed by atoms with Gasteiger partial charge >= 0.3 is 0 Å². The van der Waals surface area contributed by atoms with Gasteiger partial charge in [-0.05, 0) is 36.4 Å². The first-order valence-corrected chi connectivity index (χ1v) is 9.00. The standard InChI is InChI=1S/C20H27N3S/c1-3-23(4-2)19(18-13-9-6-10-14-18)16-22-20(24)21-15-17-11-7-5-8-12-17/h5-14,19H,3-4,15-16H2,1-2H3,(H2,21,22,24)/t19-/m1/s1. The van der Waals surface area contributed by atoms with Crippen molar-refractivity contribution >= 4 is 17.3 Å². The minimum absolute atomic E-state index is 0.317. The lowest BCUT2D eigenvalue weighted by molar-refractivity contribution is 0.219. The number of hydrogen-bond acceptors (Lipinski definition) is 2. The van der Waals surface area contributed by atoms with E-state index in [-0.39, 0.29) is 0 Å². The molecule has 0 aliphatic heterocycles. The summed E-state index contributed by atoms with van der Waals surface area (Å²) in [6, 6.07) is 21.2. The molecular formula is C20H27N3S. The van der Waals surface area contributed by atoms with Gasteiger partial charge in [-0.15, -0.1) is 0 Å². The zero-order valence-corrected chi connectivity index (χ0v) is 15.4. The van der Waals surface area contributed by atoms with Crippen molar-refractivity contribution in [2.75, 3.05) is 19.6 Å². The average molecular weight is 342 g/mol. The molecule has 0 aliphatic rings. The lowest BCUT2D eigenvalue weighted by Crippen LogP contribution is -2.41. The number of nitrogens with one attached hydrogen (secondary N) is 2. The average Bonchev–Trinajstić information content (AvgIpc) is 2.65. The van der Waals surface area contributed by atoms with Gasteiger partial charge in [0, 0.05) is 13.1 Å². The van der Waals surface area contributed by atoms with Crippen molar-refractivity contribution in [1.29, 1.82) is 0 Å². The molecule has 24 heavy (non-hydrogen) atoms. The van der Waals surface area contributed by atoms with Crippen molar-refractivity contribution in [3.8, 4) is 0 Å². The SMILES string of the molecule is CCN(CC)[C@H](CNC(=S)NCc1ccccc1)c1ccccc1. The second-order valence-corrected chi connectivity index (χ2v) is 6.11. The number of rotatable bonds is 8. The third-order valence-corrected chi connectivity index (χ3v) is 4.48. The third-order valence-electron chi connectivity index (χ3n) is 4.19. The number of benzene rings is 2. The van der Waals surface area contributed by atoms with Crippen LogP contribution < -0.4 is 10.6 Å². The summed E-state index contributed by atoms with van der Waals surface area (Å²) < 4.78 is 0. The fourth-order valence-corrected chi connectivity index (χ4v) is 2.98. The van der Waals surface area contributed by atoms with Crippen molar-refractivity contribution in [3.05, 3.63) is 71.8 Å². The summed E-state index contributed by atoms with van der Waals surface area (Å²) in [6.07, 6.45) is 0. The Kier molecular flexibility index (Phi) is 7.72. The molecular weight excluding hydrogens is 314 g/mol. The first kappa shape index (κ1) is 18.4. The zero-order chi connectivity index (χ0) is 17.2. The van der Waals surface area contributed by atoms with Crippen molar-refractivity contribution in [3.63, 3.8) is 0 Å². The minimum Gasteiger partial charge on any atom is -0.361 e. The molecule has 2 N–H and O–H groups in total. The van der Waals surface area contributed by atoms with E-state index in [2.05, 4.69) is 71.8 Å². The summed E-state index contributed by atoms with van der Waals surface area (Å²) in [6.45, 7) is 7.97. The molecule has 0 amide bonds. The quantitative estimate of drug-likeness (QED) is 0.716. The van der Waals surface area contributed by atoms with Crippen LogP contribution in [0, 0.1) is 0 Å². The molecule has 0 spiro atoms. The zero-order valence-electron chi connectivity index (χ0n) is 14.5. The van der Waals surface area contributed by atoms with Gasteiger partial charge in [0.2, 0.25) is 0 Å². The van der Waals surface area contributed by atoms with Crippen LogP contribution in [0.3, 0.4) is 0 Å². The van der Waals surface area contributed by atoms with E-state index in [9.17, 15) is 0 Å². The summed E-state index contributed by atoms with van der Waals surface area (Å²) in [4.78, 5) is 2.45. The van der Waals surface area contributed by atoms with E-state index in [1.165, 1.54) is 11.1 Å². The van der Waals surface area contributed by atoms with E-state index < -0.39 is 0 Å². The molecule has 0 aliphatic carbocycles. The van der Waals surface area contributed by atoms with Gasteiger partial charge in [-0.1, -0.05) is 74.5 Å². The Morgan fingerprint density at radius 3 is 2.08 bits per heavy atom. The first-order valence-electron chi connectivity index (χ1n) is 8.59. The highest BCUT2D eigenvalue weighted by Crippen LogP contribution is 2.19. The fraction of sp³-hybridized carbons (Fsp3) is 0.350. The summed E-state index contributed by atoms with van der Waals surface area (Å²) in [7, 11) is 0. The van der Waals surface area contributed by atoms with E-state index in [0.717, 1.165) is 26.2 Å². The van der Waals surface area contributed by atoms with Gasteiger partial charge in [-0.2, -0.15) is 0 Å². The summed E-state index contributed by atoms with van der Waals surface area (Å²) in [5.41, 5.74) is 2.55. The Labute approximate surface area is 151 Å². The maximum atomic E-state index is 5.44. The van der Waals surface area contributed by atoms with E-state index >= 15 is 0 Å². The molecule has 128 valence electrons. The summed E-state index contributed by atoms with van der Waals surface area (Å²) in [5.74, 6) is 0. The Bertz CT molecular complexity index is 597. The predicted octanol–water partition coefficient (Wildman–Crippen LogP) is 3.73. The normalized spacial score (nSPS) is 12.0. The summed E-state index contributed by atoms with van der Waals surface area (Å²) >= 11 is 5.44. The molecule has 2 aromatic carbocycles. The number of hydrogen-bond donors (Lipinski definition) is 2. The molecule has 0 heterocycles. The Morgan fingerprint density at radius 2 is 1.50 bits per heavy atom. The number of nitrogens with zero attached hydrogens (tertiary/aromatic N) is 1. The molecule has 2 rings (SSSR count). The molecule has 3 nitrogen and oxygen atoms in total. The highest BCUT2D eigenvalue weighted by molar-refractivity contribution is 7.80. The largest absolute Gasteiger partial charge is 0.361 e. The van der Waals surface area contributed by atoms with Crippen molar-refractivity contribution in [2.45, 2.75) is 26.4 Å². The molecule has 0 bridgehead atoms. The van der Waals surface area contributed by atoms with Crippen LogP contribution in [0.4, 0.5) is 0 Å². The van der Waals surface area contributed by atoms with Gasteiger partial charge in [0.1, 0.15) is 0 Å². The topological polar surface area (TPSA) is 27.3 Å². The van der Waals surface area contributed by atoms with Crippen molar-refractivity contribution < 1.29 is 0 Å². The van der Waals surface area contributed by atoms with Gasteiger partial charge in [0.05, 0.1) is 6.04 Å². The van der Waals surface area contributed by atoms with Gasteiger partial charge in [-0.25, -0.2) is 0 Å². The second kappa shape index (κ2) is 10.1. The van der Waals surface area contributed by atoms with Crippen LogP contribution in [0.15, 0.2) is 60.7 Å². The van der Waals surface area contributed by atoms with E-state index in [1.807, 2.05) is 18.2 Å².